The molecule has 0 spiro atoms. The first-order valence-corrected chi connectivity index (χ1v) is 7.76. The molecule has 0 saturated heterocycles. The summed E-state index contributed by atoms with van der Waals surface area (Å²) in [5, 5.41) is 3.58. The van der Waals surface area contributed by atoms with Crippen molar-refractivity contribution in [1.29, 1.82) is 0 Å². The number of benzene rings is 2. The summed E-state index contributed by atoms with van der Waals surface area (Å²) in [6.07, 6.45) is 4.92. The van der Waals surface area contributed by atoms with E-state index >= 15 is 0 Å². The van der Waals surface area contributed by atoms with Gasteiger partial charge < -0.3 is 5.32 Å². The van der Waals surface area contributed by atoms with Crippen molar-refractivity contribution < 1.29 is 0 Å². The van der Waals surface area contributed by atoms with Gasteiger partial charge in [-0.3, -0.25) is 0 Å². The summed E-state index contributed by atoms with van der Waals surface area (Å²) in [4.78, 5) is 0. The van der Waals surface area contributed by atoms with E-state index < -0.39 is 0 Å². The minimum Gasteiger partial charge on any atom is -0.382 e. The van der Waals surface area contributed by atoms with Crippen molar-refractivity contribution in [3.63, 3.8) is 0 Å². The van der Waals surface area contributed by atoms with Crippen molar-refractivity contribution >= 4 is 5.69 Å². The Bertz CT molecular complexity index is 644. The van der Waals surface area contributed by atoms with E-state index in [9.17, 15) is 0 Å². The van der Waals surface area contributed by atoms with Crippen LogP contribution < -0.4 is 5.32 Å². The summed E-state index contributed by atoms with van der Waals surface area (Å²) in [5.74, 6) is 0.736. The van der Waals surface area contributed by atoms with Crippen LogP contribution in [0.4, 0.5) is 5.69 Å². The first-order chi connectivity index (χ1) is 9.79. The number of anilines is 1. The molecule has 1 nitrogen and oxygen atoms in total. The summed E-state index contributed by atoms with van der Waals surface area (Å²) in [5.41, 5.74) is 7.47. The normalized spacial score (nSPS) is 23.2. The fourth-order valence-electron chi connectivity index (χ4n) is 3.66. The van der Waals surface area contributed by atoms with Gasteiger partial charge in [-0.15, -0.1) is 0 Å². The fraction of sp³-hybridized carbons (Fsp3) is 0.368. The van der Waals surface area contributed by atoms with Crippen molar-refractivity contribution in [3.8, 4) is 0 Å². The van der Waals surface area contributed by atoms with Crippen molar-refractivity contribution in [2.75, 3.05) is 5.32 Å². The standard InChI is InChI=1S/C19H21N/c1-13-6-8-16-10-14(7-9-19(16)20-13)11-17-12-15-4-2-3-5-18(15)17/h2-5,7,9-10,13,17,20H,6,8,11-12H2,1H3. The van der Waals surface area contributed by atoms with E-state index in [-0.39, 0.29) is 0 Å². The maximum atomic E-state index is 3.58. The molecule has 0 saturated carbocycles. The molecule has 1 aliphatic carbocycles. The van der Waals surface area contributed by atoms with Gasteiger partial charge in [0.2, 0.25) is 0 Å². The smallest absolute Gasteiger partial charge is 0.0374 e. The molecule has 0 radical (unpaired) electrons. The largest absolute Gasteiger partial charge is 0.382 e. The average molecular weight is 263 g/mol. The van der Waals surface area contributed by atoms with Gasteiger partial charge in [-0.1, -0.05) is 36.4 Å². The Morgan fingerprint density at radius 2 is 2.00 bits per heavy atom. The molecule has 2 aromatic rings. The summed E-state index contributed by atoms with van der Waals surface area (Å²) in [7, 11) is 0. The van der Waals surface area contributed by atoms with E-state index in [4.69, 9.17) is 0 Å². The SMILES string of the molecule is CC1CCc2cc(CC3Cc4ccccc43)ccc2N1. The second kappa shape index (κ2) is 4.66. The zero-order valence-corrected chi connectivity index (χ0v) is 12.0. The van der Waals surface area contributed by atoms with Crippen LogP contribution in [0.2, 0.25) is 0 Å². The molecule has 20 heavy (non-hydrogen) atoms. The Balaban J connectivity index is 1.54. The predicted molar refractivity (Wildman–Crippen MR) is 84.4 cm³/mol. The highest BCUT2D eigenvalue weighted by Gasteiger charge is 2.25. The van der Waals surface area contributed by atoms with Crippen LogP contribution in [-0.2, 0) is 19.3 Å². The molecule has 2 atom stereocenters. The highest BCUT2D eigenvalue weighted by atomic mass is 14.9. The Kier molecular flexibility index (Phi) is 2.80. The second-order valence-corrected chi connectivity index (χ2v) is 6.38. The third kappa shape index (κ3) is 2.02. The van der Waals surface area contributed by atoms with Crippen LogP contribution in [0.3, 0.4) is 0 Å². The van der Waals surface area contributed by atoms with Crippen molar-refractivity contribution in [2.45, 2.75) is 44.6 Å². The molecule has 1 heteroatoms. The number of rotatable bonds is 2. The Hall–Kier alpha value is -1.76. The lowest BCUT2D eigenvalue weighted by Crippen LogP contribution is -2.22. The molecule has 2 aromatic carbocycles. The summed E-state index contributed by atoms with van der Waals surface area (Å²) in [6.45, 7) is 2.27. The minimum atomic E-state index is 0.617. The fourth-order valence-corrected chi connectivity index (χ4v) is 3.66. The van der Waals surface area contributed by atoms with Gasteiger partial charge in [0, 0.05) is 11.7 Å². The quantitative estimate of drug-likeness (QED) is 0.851. The molecule has 2 aliphatic rings. The van der Waals surface area contributed by atoms with Crippen LogP contribution >= 0.6 is 0 Å². The number of nitrogens with one attached hydrogen (secondary N) is 1. The predicted octanol–water partition coefficient (Wildman–Crippen LogP) is 4.32. The number of hydrogen-bond donors (Lipinski definition) is 1. The van der Waals surface area contributed by atoms with E-state index in [0.29, 0.717) is 6.04 Å². The van der Waals surface area contributed by atoms with Gasteiger partial charge >= 0.3 is 0 Å². The summed E-state index contributed by atoms with van der Waals surface area (Å²) < 4.78 is 0. The molecule has 102 valence electrons. The van der Waals surface area contributed by atoms with E-state index in [0.717, 1.165) is 5.92 Å². The van der Waals surface area contributed by atoms with Crippen molar-refractivity contribution in [3.05, 3.63) is 64.7 Å². The zero-order chi connectivity index (χ0) is 13.5. The van der Waals surface area contributed by atoms with Gasteiger partial charge in [-0.25, -0.2) is 0 Å². The Morgan fingerprint density at radius 3 is 2.90 bits per heavy atom. The lowest BCUT2D eigenvalue weighted by Gasteiger charge is -2.31. The number of fused-ring (bicyclic) bond motifs is 2. The Morgan fingerprint density at radius 1 is 1.10 bits per heavy atom. The van der Waals surface area contributed by atoms with Crippen molar-refractivity contribution in [1.82, 2.24) is 0 Å². The van der Waals surface area contributed by atoms with Gasteiger partial charge in [0.15, 0.2) is 0 Å². The lowest BCUT2D eigenvalue weighted by molar-refractivity contribution is 0.603. The molecule has 0 bridgehead atoms. The van der Waals surface area contributed by atoms with Crippen LogP contribution in [0, 0.1) is 0 Å². The molecular weight excluding hydrogens is 242 g/mol. The lowest BCUT2D eigenvalue weighted by atomic mass is 9.74. The molecular formula is C19H21N. The van der Waals surface area contributed by atoms with Crippen LogP contribution in [0.1, 0.15) is 41.5 Å². The maximum absolute atomic E-state index is 3.58. The van der Waals surface area contributed by atoms with Crippen LogP contribution in [0.5, 0.6) is 0 Å². The van der Waals surface area contributed by atoms with Gasteiger partial charge in [-0.05, 0) is 66.8 Å². The van der Waals surface area contributed by atoms with E-state index in [1.54, 1.807) is 11.1 Å². The molecule has 2 unspecified atom stereocenters. The topological polar surface area (TPSA) is 12.0 Å². The number of aryl methyl sites for hydroxylation is 1. The Labute approximate surface area is 121 Å². The monoisotopic (exact) mass is 263 g/mol. The third-order valence-corrected chi connectivity index (χ3v) is 4.86. The van der Waals surface area contributed by atoms with E-state index in [2.05, 4.69) is 54.7 Å². The summed E-state index contributed by atoms with van der Waals surface area (Å²) in [6, 6.07) is 16.5. The van der Waals surface area contributed by atoms with Gasteiger partial charge in [0.1, 0.15) is 0 Å². The molecule has 0 amide bonds. The maximum Gasteiger partial charge on any atom is 0.0374 e. The van der Waals surface area contributed by atoms with Gasteiger partial charge in [-0.2, -0.15) is 0 Å². The molecule has 4 rings (SSSR count). The minimum absolute atomic E-state index is 0.617. The first kappa shape index (κ1) is 12.0. The second-order valence-electron chi connectivity index (χ2n) is 6.38. The first-order valence-electron chi connectivity index (χ1n) is 7.76. The highest BCUT2D eigenvalue weighted by molar-refractivity contribution is 5.55. The average Bonchev–Trinajstić information content (AvgIpc) is 2.45. The third-order valence-electron chi connectivity index (χ3n) is 4.86. The van der Waals surface area contributed by atoms with Crippen molar-refractivity contribution in [2.24, 2.45) is 0 Å². The van der Waals surface area contributed by atoms with E-state index in [1.165, 1.54) is 42.5 Å². The molecule has 1 aliphatic heterocycles. The molecule has 1 N–H and O–H groups in total. The van der Waals surface area contributed by atoms with Gasteiger partial charge in [0.05, 0.1) is 0 Å². The molecule has 0 fully saturated rings. The molecule has 1 heterocycles. The molecule has 0 aromatic heterocycles. The summed E-state index contributed by atoms with van der Waals surface area (Å²) >= 11 is 0. The van der Waals surface area contributed by atoms with Crippen LogP contribution in [0.15, 0.2) is 42.5 Å². The van der Waals surface area contributed by atoms with Gasteiger partial charge in [0.25, 0.3) is 0 Å². The highest BCUT2D eigenvalue weighted by Crippen LogP contribution is 2.38. The van der Waals surface area contributed by atoms with E-state index in [1.807, 2.05) is 0 Å². The zero-order valence-electron chi connectivity index (χ0n) is 12.0. The van der Waals surface area contributed by atoms with Crippen LogP contribution in [-0.4, -0.2) is 6.04 Å². The number of hydrogen-bond acceptors (Lipinski definition) is 1. The van der Waals surface area contributed by atoms with Crippen LogP contribution in [0.25, 0.3) is 0 Å².